The Labute approximate surface area is 137 Å². The van der Waals surface area contributed by atoms with Crippen LogP contribution in [0.25, 0.3) is 11.4 Å². The van der Waals surface area contributed by atoms with Crippen LogP contribution in [-0.2, 0) is 11.2 Å². The second kappa shape index (κ2) is 7.51. The molecule has 1 aliphatic carbocycles. The standard InChI is InChI=1S/C18H24N4O/c1-3-14-12-17(20-15-5-4-6-16(11-15)23-2)22-18(21-14)13-7-9-19-10-8-13/h7-10,12,15-16H,3-6,11H2,1-2H3,(H,20,21,22). The van der Waals surface area contributed by atoms with Crippen LogP contribution in [0.15, 0.2) is 30.6 Å². The summed E-state index contributed by atoms with van der Waals surface area (Å²) in [5.41, 5.74) is 2.05. The third-order valence-corrected chi connectivity index (χ3v) is 4.39. The second-order valence-corrected chi connectivity index (χ2v) is 6.02. The van der Waals surface area contributed by atoms with Crippen molar-refractivity contribution >= 4 is 5.82 Å². The van der Waals surface area contributed by atoms with Crippen molar-refractivity contribution in [1.82, 2.24) is 15.0 Å². The number of nitrogens with zero attached hydrogens (tertiary/aromatic N) is 3. The maximum absolute atomic E-state index is 5.52. The van der Waals surface area contributed by atoms with Gasteiger partial charge in [-0.25, -0.2) is 9.97 Å². The van der Waals surface area contributed by atoms with Crippen molar-refractivity contribution in [3.8, 4) is 11.4 Å². The molecule has 122 valence electrons. The number of anilines is 1. The lowest BCUT2D eigenvalue weighted by Gasteiger charge is -2.29. The number of pyridine rings is 1. The van der Waals surface area contributed by atoms with E-state index in [-0.39, 0.29) is 0 Å². The molecule has 2 aromatic heterocycles. The average Bonchev–Trinajstić information content (AvgIpc) is 2.62. The van der Waals surface area contributed by atoms with Gasteiger partial charge >= 0.3 is 0 Å². The zero-order valence-corrected chi connectivity index (χ0v) is 13.8. The normalized spacial score (nSPS) is 21.1. The Bertz CT molecular complexity index is 632. The van der Waals surface area contributed by atoms with Crippen molar-refractivity contribution in [2.45, 2.75) is 51.2 Å². The molecule has 0 radical (unpaired) electrons. The molecule has 0 bridgehead atoms. The lowest BCUT2D eigenvalue weighted by atomic mass is 9.93. The molecular formula is C18H24N4O. The highest BCUT2D eigenvalue weighted by Crippen LogP contribution is 2.24. The van der Waals surface area contributed by atoms with Gasteiger partial charge in [-0.3, -0.25) is 4.98 Å². The number of rotatable bonds is 5. The molecule has 0 aliphatic heterocycles. The topological polar surface area (TPSA) is 59.9 Å². The van der Waals surface area contributed by atoms with Gasteiger partial charge in [0.25, 0.3) is 0 Å². The highest BCUT2D eigenvalue weighted by Gasteiger charge is 2.22. The van der Waals surface area contributed by atoms with Gasteiger partial charge in [0, 0.05) is 42.9 Å². The Hall–Kier alpha value is -2.01. The van der Waals surface area contributed by atoms with Gasteiger partial charge in [0.15, 0.2) is 5.82 Å². The van der Waals surface area contributed by atoms with Gasteiger partial charge in [0.1, 0.15) is 5.82 Å². The molecule has 5 nitrogen and oxygen atoms in total. The summed E-state index contributed by atoms with van der Waals surface area (Å²) in [6, 6.07) is 6.36. The monoisotopic (exact) mass is 312 g/mol. The van der Waals surface area contributed by atoms with Gasteiger partial charge in [-0.15, -0.1) is 0 Å². The molecule has 2 heterocycles. The van der Waals surface area contributed by atoms with E-state index in [1.165, 1.54) is 6.42 Å². The van der Waals surface area contributed by atoms with Gasteiger partial charge in [0.05, 0.1) is 6.10 Å². The third-order valence-electron chi connectivity index (χ3n) is 4.39. The number of aryl methyl sites for hydroxylation is 1. The van der Waals surface area contributed by atoms with E-state index in [0.717, 1.165) is 48.6 Å². The molecule has 0 spiro atoms. The van der Waals surface area contributed by atoms with E-state index in [1.807, 2.05) is 12.1 Å². The second-order valence-electron chi connectivity index (χ2n) is 6.02. The van der Waals surface area contributed by atoms with E-state index in [1.54, 1.807) is 19.5 Å². The molecule has 5 heteroatoms. The summed E-state index contributed by atoms with van der Waals surface area (Å²) in [7, 11) is 1.80. The molecule has 2 atom stereocenters. The van der Waals surface area contributed by atoms with Crippen molar-refractivity contribution in [3.63, 3.8) is 0 Å². The summed E-state index contributed by atoms with van der Waals surface area (Å²) in [4.78, 5) is 13.4. The number of hydrogen-bond acceptors (Lipinski definition) is 5. The summed E-state index contributed by atoms with van der Waals surface area (Å²) in [5.74, 6) is 1.67. The Morgan fingerprint density at radius 2 is 2.04 bits per heavy atom. The van der Waals surface area contributed by atoms with Crippen molar-refractivity contribution in [2.75, 3.05) is 12.4 Å². The summed E-state index contributed by atoms with van der Waals surface area (Å²) >= 11 is 0. The lowest BCUT2D eigenvalue weighted by molar-refractivity contribution is 0.0669. The molecule has 0 saturated heterocycles. The summed E-state index contributed by atoms with van der Waals surface area (Å²) in [6.45, 7) is 2.12. The van der Waals surface area contributed by atoms with Gasteiger partial charge in [0.2, 0.25) is 0 Å². The fraction of sp³-hybridized carbons (Fsp3) is 0.500. The van der Waals surface area contributed by atoms with Crippen LogP contribution < -0.4 is 5.32 Å². The molecule has 3 rings (SSSR count). The Morgan fingerprint density at radius 1 is 1.22 bits per heavy atom. The van der Waals surface area contributed by atoms with Crippen LogP contribution in [0.1, 0.15) is 38.3 Å². The SMILES string of the molecule is CCc1cc(NC2CCCC(OC)C2)nc(-c2ccncc2)n1. The number of nitrogens with one attached hydrogen (secondary N) is 1. The first kappa shape index (κ1) is 15.9. The van der Waals surface area contributed by atoms with Crippen LogP contribution in [-0.4, -0.2) is 34.2 Å². The van der Waals surface area contributed by atoms with E-state index in [9.17, 15) is 0 Å². The fourth-order valence-electron chi connectivity index (χ4n) is 3.08. The Balaban J connectivity index is 1.81. The quantitative estimate of drug-likeness (QED) is 0.916. The predicted molar refractivity (Wildman–Crippen MR) is 91.3 cm³/mol. The van der Waals surface area contributed by atoms with Crippen molar-refractivity contribution in [3.05, 3.63) is 36.3 Å². The number of methoxy groups -OCH3 is 1. The minimum Gasteiger partial charge on any atom is -0.381 e. The van der Waals surface area contributed by atoms with Gasteiger partial charge < -0.3 is 10.1 Å². The van der Waals surface area contributed by atoms with Crippen LogP contribution in [0.2, 0.25) is 0 Å². The number of ether oxygens (including phenoxy) is 1. The highest BCUT2D eigenvalue weighted by molar-refractivity contribution is 5.56. The average molecular weight is 312 g/mol. The van der Waals surface area contributed by atoms with Crippen molar-refractivity contribution < 1.29 is 4.74 Å². The summed E-state index contributed by atoms with van der Waals surface area (Å²) in [5, 5.41) is 3.58. The van der Waals surface area contributed by atoms with Crippen LogP contribution in [0.3, 0.4) is 0 Å². The van der Waals surface area contributed by atoms with E-state index < -0.39 is 0 Å². The molecule has 23 heavy (non-hydrogen) atoms. The van der Waals surface area contributed by atoms with Crippen LogP contribution in [0, 0.1) is 0 Å². The Kier molecular flexibility index (Phi) is 5.18. The molecule has 2 aromatic rings. The zero-order valence-electron chi connectivity index (χ0n) is 13.8. The first-order valence-electron chi connectivity index (χ1n) is 8.36. The maximum atomic E-state index is 5.52. The van der Waals surface area contributed by atoms with Crippen LogP contribution >= 0.6 is 0 Å². The smallest absolute Gasteiger partial charge is 0.161 e. The number of hydrogen-bond donors (Lipinski definition) is 1. The largest absolute Gasteiger partial charge is 0.381 e. The van der Waals surface area contributed by atoms with E-state index in [4.69, 9.17) is 9.72 Å². The molecule has 0 aromatic carbocycles. The van der Waals surface area contributed by atoms with E-state index in [0.29, 0.717) is 12.1 Å². The van der Waals surface area contributed by atoms with E-state index in [2.05, 4.69) is 28.3 Å². The van der Waals surface area contributed by atoms with Gasteiger partial charge in [-0.05, 0) is 44.2 Å². The fourth-order valence-corrected chi connectivity index (χ4v) is 3.08. The highest BCUT2D eigenvalue weighted by atomic mass is 16.5. The molecule has 0 amide bonds. The minimum absolute atomic E-state index is 0.355. The molecule has 2 unspecified atom stereocenters. The van der Waals surface area contributed by atoms with E-state index >= 15 is 0 Å². The van der Waals surface area contributed by atoms with Gasteiger partial charge in [-0.2, -0.15) is 0 Å². The Morgan fingerprint density at radius 3 is 2.78 bits per heavy atom. The molecule has 1 saturated carbocycles. The van der Waals surface area contributed by atoms with Crippen molar-refractivity contribution in [1.29, 1.82) is 0 Å². The van der Waals surface area contributed by atoms with Gasteiger partial charge in [-0.1, -0.05) is 6.92 Å². The third kappa shape index (κ3) is 4.05. The molecule has 1 fully saturated rings. The van der Waals surface area contributed by atoms with Crippen molar-refractivity contribution in [2.24, 2.45) is 0 Å². The summed E-state index contributed by atoms with van der Waals surface area (Å²) < 4.78 is 5.52. The molecule has 1 aliphatic rings. The first-order chi connectivity index (χ1) is 11.3. The molecule has 1 N–H and O–H groups in total. The van der Waals surface area contributed by atoms with Crippen LogP contribution in [0.4, 0.5) is 5.82 Å². The molecular weight excluding hydrogens is 288 g/mol. The predicted octanol–water partition coefficient (Wildman–Crippen LogP) is 3.47. The maximum Gasteiger partial charge on any atom is 0.161 e. The lowest BCUT2D eigenvalue weighted by Crippen LogP contribution is -2.31. The number of aromatic nitrogens is 3. The zero-order chi connectivity index (χ0) is 16.1. The van der Waals surface area contributed by atoms with Crippen LogP contribution in [0.5, 0.6) is 0 Å². The first-order valence-corrected chi connectivity index (χ1v) is 8.36. The summed E-state index contributed by atoms with van der Waals surface area (Å²) in [6.07, 6.45) is 9.33. The minimum atomic E-state index is 0.355.